The molecule has 0 saturated heterocycles. The molecule has 0 spiro atoms. The average molecular weight is 376 g/mol. The number of aromatic nitrogens is 2. The Morgan fingerprint density at radius 1 is 1.11 bits per heavy atom. The van der Waals surface area contributed by atoms with Crippen LogP contribution in [0.15, 0.2) is 54.6 Å². The van der Waals surface area contributed by atoms with E-state index in [2.05, 4.69) is 5.32 Å². The van der Waals surface area contributed by atoms with Crippen LogP contribution in [-0.2, 0) is 17.6 Å². The first kappa shape index (κ1) is 17.8. The van der Waals surface area contributed by atoms with E-state index in [1.165, 1.54) is 0 Å². The van der Waals surface area contributed by atoms with Gasteiger partial charge in [-0.25, -0.2) is 4.68 Å². The van der Waals surface area contributed by atoms with Gasteiger partial charge in [0.15, 0.2) is 6.61 Å². The number of nitrogens with two attached hydrogens (primary N) is 1. The number of amides is 2. The van der Waals surface area contributed by atoms with Crippen LogP contribution < -0.4 is 15.8 Å². The molecule has 2 aromatic carbocycles. The number of para-hydroxylation sites is 1. The molecule has 2 amide bonds. The molecule has 1 aromatic heterocycles. The number of fused-ring (bicyclic) bond motifs is 1. The molecule has 0 bridgehead atoms. The smallest absolute Gasteiger partial charge is 0.256 e. The molecule has 0 aliphatic heterocycles. The van der Waals surface area contributed by atoms with Crippen molar-refractivity contribution in [1.29, 1.82) is 0 Å². The van der Waals surface area contributed by atoms with Gasteiger partial charge in [-0.1, -0.05) is 24.3 Å². The molecule has 142 valence electrons. The summed E-state index contributed by atoms with van der Waals surface area (Å²) in [6.45, 7) is -0.237. The fourth-order valence-electron chi connectivity index (χ4n) is 3.34. The lowest BCUT2D eigenvalue weighted by Crippen LogP contribution is -2.20. The van der Waals surface area contributed by atoms with E-state index >= 15 is 0 Å². The highest BCUT2D eigenvalue weighted by molar-refractivity contribution is 6.04. The van der Waals surface area contributed by atoms with Gasteiger partial charge in [0.05, 0.1) is 11.4 Å². The van der Waals surface area contributed by atoms with Gasteiger partial charge in [-0.2, -0.15) is 5.10 Å². The van der Waals surface area contributed by atoms with Gasteiger partial charge in [0.1, 0.15) is 11.6 Å². The Balaban J connectivity index is 1.62. The number of anilines is 1. The SMILES string of the molecule is NC(=O)COc1cccc(C(=O)Nc2c3c(nn2-c2ccccc2)CCC3)c1. The Labute approximate surface area is 162 Å². The second kappa shape index (κ2) is 7.56. The Hall–Kier alpha value is -3.61. The molecule has 0 saturated carbocycles. The standard InChI is InChI=1S/C21H20N4O3/c22-19(26)13-28-16-9-4-6-14(12-16)21(27)23-20-17-10-5-11-18(17)24-25(20)15-7-2-1-3-8-15/h1-4,6-9,12H,5,10-11,13H2,(H2,22,26)(H,23,27). The van der Waals surface area contributed by atoms with Crippen molar-refractivity contribution in [1.82, 2.24) is 9.78 Å². The van der Waals surface area contributed by atoms with Gasteiger partial charge >= 0.3 is 0 Å². The molecule has 3 aromatic rings. The number of aryl methyl sites for hydroxylation is 1. The molecule has 0 radical (unpaired) electrons. The van der Waals surface area contributed by atoms with E-state index < -0.39 is 5.91 Å². The summed E-state index contributed by atoms with van der Waals surface area (Å²) in [7, 11) is 0. The monoisotopic (exact) mass is 376 g/mol. The minimum absolute atomic E-state index is 0.237. The van der Waals surface area contributed by atoms with Crippen LogP contribution >= 0.6 is 0 Å². The van der Waals surface area contributed by atoms with Crippen LogP contribution in [0.25, 0.3) is 5.69 Å². The van der Waals surface area contributed by atoms with Crippen LogP contribution in [-0.4, -0.2) is 28.2 Å². The van der Waals surface area contributed by atoms with E-state index in [0.29, 0.717) is 17.1 Å². The summed E-state index contributed by atoms with van der Waals surface area (Å²) in [6, 6.07) is 16.4. The van der Waals surface area contributed by atoms with Crippen LogP contribution in [0.2, 0.25) is 0 Å². The van der Waals surface area contributed by atoms with E-state index in [9.17, 15) is 9.59 Å². The number of carbonyl (C=O) groups excluding carboxylic acids is 2. The third-order valence-electron chi connectivity index (χ3n) is 4.62. The lowest BCUT2D eigenvalue weighted by atomic mass is 10.2. The minimum atomic E-state index is -0.572. The van der Waals surface area contributed by atoms with Gasteiger partial charge < -0.3 is 15.8 Å². The second-order valence-corrected chi connectivity index (χ2v) is 6.61. The molecule has 1 aliphatic carbocycles. The Bertz CT molecular complexity index is 1030. The molecule has 1 aliphatic rings. The van der Waals surface area contributed by atoms with Crippen molar-refractivity contribution in [3.63, 3.8) is 0 Å². The van der Waals surface area contributed by atoms with E-state index in [0.717, 1.165) is 36.2 Å². The predicted octanol–water partition coefficient (Wildman–Crippen LogP) is 2.48. The van der Waals surface area contributed by atoms with Crippen LogP contribution in [0.1, 0.15) is 28.0 Å². The average Bonchev–Trinajstić information content (AvgIpc) is 3.30. The molecular weight excluding hydrogens is 356 g/mol. The fraction of sp³-hybridized carbons (Fsp3) is 0.190. The third kappa shape index (κ3) is 3.59. The van der Waals surface area contributed by atoms with E-state index in [1.807, 2.05) is 30.3 Å². The molecule has 0 unspecified atom stereocenters. The van der Waals surface area contributed by atoms with Crippen molar-refractivity contribution < 1.29 is 14.3 Å². The highest BCUT2D eigenvalue weighted by atomic mass is 16.5. The summed E-state index contributed by atoms with van der Waals surface area (Å²) in [6.07, 6.45) is 2.83. The van der Waals surface area contributed by atoms with Crippen LogP contribution in [0.5, 0.6) is 5.75 Å². The molecule has 7 heteroatoms. The maximum absolute atomic E-state index is 12.9. The third-order valence-corrected chi connectivity index (χ3v) is 4.62. The number of rotatable bonds is 6. The predicted molar refractivity (Wildman–Crippen MR) is 105 cm³/mol. The first-order chi connectivity index (χ1) is 13.6. The normalized spacial score (nSPS) is 12.4. The number of nitrogens with zero attached hydrogens (tertiary/aromatic N) is 2. The van der Waals surface area contributed by atoms with Crippen LogP contribution in [0, 0.1) is 0 Å². The van der Waals surface area contributed by atoms with Gasteiger partial charge in [0.25, 0.3) is 11.8 Å². The summed E-state index contributed by atoms with van der Waals surface area (Å²) in [4.78, 5) is 23.8. The number of primary amides is 1. The Morgan fingerprint density at radius 2 is 1.93 bits per heavy atom. The Morgan fingerprint density at radius 3 is 2.71 bits per heavy atom. The van der Waals surface area contributed by atoms with E-state index in [4.69, 9.17) is 15.6 Å². The van der Waals surface area contributed by atoms with Crippen molar-refractivity contribution in [2.24, 2.45) is 5.73 Å². The van der Waals surface area contributed by atoms with Crippen molar-refractivity contribution >= 4 is 17.6 Å². The molecule has 3 N–H and O–H groups in total. The summed E-state index contributed by atoms with van der Waals surface area (Å²) < 4.78 is 7.08. The molecular formula is C21H20N4O3. The van der Waals surface area contributed by atoms with Crippen LogP contribution in [0.3, 0.4) is 0 Å². The first-order valence-corrected chi connectivity index (χ1v) is 9.10. The number of ether oxygens (including phenoxy) is 1. The lowest BCUT2D eigenvalue weighted by molar-refractivity contribution is -0.119. The van der Waals surface area contributed by atoms with Crippen LogP contribution in [0.4, 0.5) is 5.82 Å². The van der Waals surface area contributed by atoms with Gasteiger partial charge in [-0.15, -0.1) is 0 Å². The second-order valence-electron chi connectivity index (χ2n) is 6.61. The van der Waals surface area contributed by atoms with Crippen molar-refractivity contribution in [3.8, 4) is 11.4 Å². The molecule has 28 heavy (non-hydrogen) atoms. The number of hydrogen-bond donors (Lipinski definition) is 2. The molecule has 0 atom stereocenters. The number of hydrogen-bond acceptors (Lipinski definition) is 4. The zero-order chi connectivity index (χ0) is 19.5. The molecule has 4 rings (SSSR count). The van der Waals surface area contributed by atoms with Gasteiger partial charge in [-0.3, -0.25) is 9.59 Å². The zero-order valence-corrected chi connectivity index (χ0v) is 15.2. The summed E-state index contributed by atoms with van der Waals surface area (Å²) in [5, 5.41) is 7.71. The van der Waals surface area contributed by atoms with Crippen molar-refractivity contribution in [2.45, 2.75) is 19.3 Å². The molecule has 0 fully saturated rings. The zero-order valence-electron chi connectivity index (χ0n) is 15.2. The maximum atomic E-state index is 12.9. The van der Waals surface area contributed by atoms with Crippen molar-refractivity contribution in [2.75, 3.05) is 11.9 Å². The fourth-order valence-corrected chi connectivity index (χ4v) is 3.34. The molecule has 7 nitrogen and oxygen atoms in total. The van der Waals surface area contributed by atoms with E-state index in [-0.39, 0.29) is 12.5 Å². The van der Waals surface area contributed by atoms with Gasteiger partial charge in [0.2, 0.25) is 0 Å². The molecule has 1 heterocycles. The first-order valence-electron chi connectivity index (χ1n) is 9.10. The number of carbonyl (C=O) groups is 2. The Kier molecular flexibility index (Phi) is 4.80. The quantitative estimate of drug-likeness (QED) is 0.690. The van der Waals surface area contributed by atoms with E-state index in [1.54, 1.807) is 28.9 Å². The summed E-state index contributed by atoms with van der Waals surface area (Å²) in [5.74, 6) is 0.272. The van der Waals surface area contributed by atoms with Gasteiger partial charge in [0, 0.05) is 11.1 Å². The lowest BCUT2D eigenvalue weighted by Gasteiger charge is -2.12. The highest BCUT2D eigenvalue weighted by Crippen LogP contribution is 2.31. The maximum Gasteiger partial charge on any atom is 0.256 e. The summed E-state index contributed by atoms with van der Waals surface area (Å²) in [5.41, 5.74) is 8.53. The number of benzene rings is 2. The largest absolute Gasteiger partial charge is 0.484 e. The highest BCUT2D eigenvalue weighted by Gasteiger charge is 2.24. The summed E-state index contributed by atoms with van der Waals surface area (Å²) >= 11 is 0. The number of nitrogens with one attached hydrogen (secondary N) is 1. The van der Waals surface area contributed by atoms with Crippen molar-refractivity contribution in [3.05, 3.63) is 71.4 Å². The topological polar surface area (TPSA) is 99.2 Å². The minimum Gasteiger partial charge on any atom is -0.484 e. The van der Waals surface area contributed by atoms with Gasteiger partial charge in [-0.05, 0) is 49.6 Å².